The molecule has 0 aliphatic rings. The minimum Gasteiger partial charge on any atom is -0.478 e. The normalized spacial score (nSPS) is 12.0. The minimum atomic E-state index is -4.80. The van der Waals surface area contributed by atoms with Crippen molar-refractivity contribution < 1.29 is 63.3 Å². The lowest BCUT2D eigenvalue weighted by molar-refractivity contribution is -0.141. The van der Waals surface area contributed by atoms with Gasteiger partial charge in [-0.1, -0.05) is 15.9 Å². The Labute approximate surface area is 224 Å². The SMILES string of the molecule is FC(F)Oc1ccc(Br)c2ccc(C(F)(F)F)nc12.O=C(O)c1ccc(OC(F)F)c2nc(C(F)(F)F)ccc12. The fourth-order valence-corrected chi connectivity index (χ4v) is 3.69. The molecule has 0 unspecified atom stereocenters. The van der Waals surface area contributed by atoms with Crippen molar-refractivity contribution in [2.24, 2.45) is 0 Å². The van der Waals surface area contributed by atoms with Gasteiger partial charge in [0.2, 0.25) is 0 Å². The molecule has 0 bridgehead atoms. The predicted octanol–water partition coefficient (Wildman–Crippen LogP) is 8.17. The Kier molecular flexibility index (Phi) is 8.96. The highest BCUT2D eigenvalue weighted by atomic mass is 79.9. The molecular formula is C23H11BrF10N2O4. The van der Waals surface area contributed by atoms with E-state index in [-0.39, 0.29) is 21.9 Å². The first-order valence-corrected chi connectivity index (χ1v) is 11.1. The number of aromatic nitrogens is 2. The van der Waals surface area contributed by atoms with E-state index in [9.17, 15) is 48.7 Å². The van der Waals surface area contributed by atoms with Crippen molar-refractivity contribution in [3.63, 3.8) is 0 Å². The lowest BCUT2D eigenvalue weighted by Crippen LogP contribution is -2.10. The summed E-state index contributed by atoms with van der Waals surface area (Å²) in [6.45, 7) is -6.42. The first kappa shape index (κ1) is 30.6. The summed E-state index contributed by atoms with van der Waals surface area (Å²) in [6, 6.07) is 7.67. The Morgan fingerprint density at radius 2 is 1.12 bits per heavy atom. The number of aromatic carboxylic acids is 1. The molecule has 0 amide bonds. The van der Waals surface area contributed by atoms with Crippen LogP contribution >= 0.6 is 15.9 Å². The molecule has 0 fully saturated rings. The van der Waals surface area contributed by atoms with Crippen molar-refractivity contribution in [3.05, 3.63) is 70.0 Å². The number of benzene rings is 2. The molecule has 0 saturated heterocycles. The summed E-state index contributed by atoms with van der Waals surface area (Å²) in [6.07, 6.45) is -9.45. The van der Waals surface area contributed by atoms with Crippen LogP contribution in [0.15, 0.2) is 53.0 Å². The highest BCUT2D eigenvalue weighted by Crippen LogP contribution is 2.36. The fourth-order valence-electron chi connectivity index (χ4n) is 3.23. The molecule has 4 rings (SSSR count). The van der Waals surface area contributed by atoms with Crippen molar-refractivity contribution in [2.45, 2.75) is 25.6 Å². The number of halogens is 11. The van der Waals surface area contributed by atoms with Crippen LogP contribution in [-0.2, 0) is 12.4 Å². The van der Waals surface area contributed by atoms with Crippen molar-refractivity contribution in [3.8, 4) is 11.5 Å². The van der Waals surface area contributed by atoms with Gasteiger partial charge in [0.05, 0.1) is 5.56 Å². The van der Waals surface area contributed by atoms with Gasteiger partial charge in [-0.2, -0.15) is 43.9 Å². The number of hydrogen-bond acceptors (Lipinski definition) is 5. The second kappa shape index (κ2) is 11.7. The maximum absolute atomic E-state index is 12.6. The third kappa shape index (κ3) is 7.19. The van der Waals surface area contributed by atoms with Gasteiger partial charge < -0.3 is 14.6 Å². The van der Waals surface area contributed by atoms with Gasteiger partial charge in [-0.3, -0.25) is 0 Å². The fraction of sp³-hybridized carbons (Fsp3) is 0.174. The average Bonchev–Trinajstić information content (AvgIpc) is 2.84. The van der Waals surface area contributed by atoms with Crippen molar-refractivity contribution >= 4 is 43.7 Å². The molecule has 2 heterocycles. The van der Waals surface area contributed by atoms with Gasteiger partial charge in [0.15, 0.2) is 11.5 Å². The third-order valence-electron chi connectivity index (χ3n) is 4.83. The topological polar surface area (TPSA) is 81.5 Å². The first-order chi connectivity index (χ1) is 18.5. The monoisotopic (exact) mass is 648 g/mol. The molecule has 6 nitrogen and oxygen atoms in total. The number of carboxylic acid groups (broad SMARTS) is 1. The summed E-state index contributed by atoms with van der Waals surface area (Å²) in [7, 11) is 0. The van der Waals surface area contributed by atoms with Gasteiger partial charge >= 0.3 is 31.5 Å². The molecule has 0 aliphatic carbocycles. The molecule has 2 aromatic heterocycles. The summed E-state index contributed by atoms with van der Waals surface area (Å²) >= 11 is 3.11. The largest absolute Gasteiger partial charge is 0.478 e. The summed E-state index contributed by atoms with van der Waals surface area (Å²) in [5.74, 6) is -2.46. The lowest BCUT2D eigenvalue weighted by atomic mass is 10.1. The highest BCUT2D eigenvalue weighted by molar-refractivity contribution is 9.10. The minimum absolute atomic E-state index is 0.228. The summed E-state index contributed by atoms with van der Waals surface area (Å²) in [5, 5.41) is 8.97. The van der Waals surface area contributed by atoms with Crippen molar-refractivity contribution in [2.75, 3.05) is 0 Å². The van der Waals surface area contributed by atoms with Crippen molar-refractivity contribution in [1.82, 2.24) is 9.97 Å². The summed E-state index contributed by atoms with van der Waals surface area (Å²) in [5.41, 5.74) is -3.74. The number of ether oxygens (including phenoxy) is 2. The molecule has 40 heavy (non-hydrogen) atoms. The van der Waals surface area contributed by atoms with Gasteiger partial charge in [-0.25, -0.2) is 14.8 Å². The van der Waals surface area contributed by atoms with Crippen LogP contribution in [0, 0.1) is 0 Å². The van der Waals surface area contributed by atoms with E-state index in [0.717, 1.165) is 36.4 Å². The van der Waals surface area contributed by atoms with Crippen LogP contribution in [0.3, 0.4) is 0 Å². The van der Waals surface area contributed by atoms with Gasteiger partial charge in [-0.15, -0.1) is 0 Å². The van der Waals surface area contributed by atoms with Crippen LogP contribution in [-0.4, -0.2) is 34.3 Å². The molecule has 1 N–H and O–H groups in total. The van der Waals surface area contributed by atoms with E-state index in [1.165, 1.54) is 6.07 Å². The van der Waals surface area contributed by atoms with Crippen LogP contribution < -0.4 is 9.47 Å². The molecule has 0 radical (unpaired) electrons. The summed E-state index contributed by atoms with van der Waals surface area (Å²) in [4.78, 5) is 17.5. The first-order valence-electron chi connectivity index (χ1n) is 10.3. The smallest absolute Gasteiger partial charge is 0.433 e. The second-order valence-corrected chi connectivity index (χ2v) is 8.25. The number of alkyl halides is 10. The van der Waals surface area contributed by atoms with Crippen LogP contribution in [0.5, 0.6) is 11.5 Å². The Morgan fingerprint density at radius 1 is 0.700 bits per heavy atom. The molecule has 4 aromatic rings. The molecular weight excluding hydrogens is 638 g/mol. The number of fused-ring (bicyclic) bond motifs is 2. The number of carbonyl (C=O) groups is 1. The zero-order chi connectivity index (χ0) is 30.0. The van der Waals surface area contributed by atoms with Gasteiger partial charge in [-0.05, 0) is 48.5 Å². The van der Waals surface area contributed by atoms with Crippen LogP contribution in [0.25, 0.3) is 21.8 Å². The number of carboxylic acids is 1. The average molecular weight is 649 g/mol. The Hall–Kier alpha value is -3.89. The lowest BCUT2D eigenvalue weighted by Gasteiger charge is -2.12. The maximum atomic E-state index is 12.6. The number of pyridine rings is 2. The van der Waals surface area contributed by atoms with E-state index in [1.54, 1.807) is 0 Å². The zero-order valence-electron chi connectivity index (χ0n) is 19.0. The number of hydrogen-bond donors (Lipinski definition) is 1. The predicted molar refractivity (Wildman–Crippen MR) is 121 cm³/mol. The van der Waals surface area contributed by atoms with Gasteiger partial charge in [0, 0.05) is 15.2 Å². The third-order valence-corrected chi connectivity index (χ3v) is 5.52. The van der Waals surface area contributed by atoms with Crippen molar-refractivity contribution in [1.29, 1.82) is 0 Å². The Balaban J connectivity index is 0.000000222. The molecule has 17 heteroatoms. The number of rotatable bonds is 5. The Bertz CT molecular complexity index is 1540. The van der Waals surface area contributed by atoms with E-state index in [2.05, 4.69) is 35.4 Å². The standard InChI is InChI=1S/C12H6F5NO3.C11H5BrF5NO/c13-11(14)21-7-3-1-6(10(19)20)5-2-4-8(12(15,16)17)18-9(5)7;12-6-2-3-7(19-10(13)14)9-5(6)1-4-8(18-9)11(15,16)17/h1-4,11H,(H,19,20);1-4,10H. The maximum Gasteiger partial charge on any atom is 0.433 e. The van der Waals surface area contributed by atoms with E-state index in [1.807, 2.05) is 0 Å². The molecule has 0 spiro atoms. The van der Waals surface area contributed by atoms with E-state index >= 15 is 0 Å². The molecule has 0 atom stereocenters. The Morgan fingerprint density at radius 3 is 1.55 bits per heavy atom. The van der Waals surface area contributed by atoms with Gasteiger partial charge in [0.25, 0.3) is 0 Å². The quantitative estimate of drug-likeness (QED) is 0.220. The van der Waals surface area contributed by atoms with E-state index < -0.39 is 59.9 Å². The second-order valence-electron chi connectivity index (χ2n) is 7.40. The molecule has 0 aliphatic heterocycles. The van der Waals surface area contributed by atoms with E-state index in [0.29, 0.717) is 10.5 Å². The van der Waals surface area contributed by atoms with E-state index in [4.69, 9.17) is 5.11 Å². The summed E-state index contributed by atoms with van der Waals surface area (Å²) < 4.78 is 133. The molecule has 2 aromatic carbocycles. The molecule has 0 saturated carbocycles. The van der Waals surface area contributed by atoms with Crippen LogP contribution in [0.1, 0.15) is 21.7 Å². The zero-order valence-corrected chi connectivity index (χ0v) is 20.6. The van der Waals surface area contributed by atoms with Crippen LogP contribution in [0.2, 0.25) is 0 Å². The van der Waals surface area contributed by atoms with Crippen LogP contribution in [0.4, 0.5) is 43.9 Å². The van der Waals surface area contributed by atoms with Gasteiger partial charge in [0.1, 0.15) is 22.4 Å². The highest BCUT2D eigenvalue weighted by Gasteiger charge is 2.34. The molecule has 214 valence electrons. The number of nitrogens with zero attached hydrogens (tertiary/aromatic N) is 2.